The van der Waals surface area contributed by atoms with E-state index >= 15 is 0 Å². The normalized spacial score (nSPS) is 11.2. The molecule has 3 aromatic rings. The lowest BCUT2D eigenvalue weighted by Gasteiger charge is -2.07. The number of imidazole rings is 1. The molecule has 2 aromatic heterocycles. The minimum Gasteiger partial charge on any atom is -0.354 e. The first-order valence-corrected chi connectivity index (χ1v) is 8.67. The molecule has 0 aliphatic carbocycles. The highest BCUT2D eigenvalue weighted by molar-refractivity contribution is 6.33. The van der Waals surface area contributed by atoms with Gasteiger partial charge in [0.25, 0.3) is 0 Å². The number of aromatic nitrogens is 4. The van der Waals surface area contributed by atoms with E-state index in [1.54, 1.807) is 24.4 Å². The number of benzene rings is 1. The second-order valence-corrected chi connectivity index (χ2v) is 6.45. The van der Waals surface area contributed by atoms with Crippen LogP contribution in [0.2, 0.25) is 10.0 Å². The molecule has 0 saturated carbocycles. The lowest BCUT2D eigenvalue weighted by molar-refractivity contribution is 0.765. The lowest BCUT2D eigenvalue weighted by atomic mass is 10.2. The van der Waals surface area contributed by atoms with Crippen molar-refractivity contribution in [2.75, 3.05) is 18.4 Å². The van der Waals surface area contributed by atoms with E-state index in [4.69, 9.17) is 28.9 Å². The van der Waals surface area contributed by atoms with Crippen molar-refractivity contribution in [2.45, 2.75) is 19.4 Å². The molecule has 1 aromatic carbocycles. The first-order valence-electron chi connectivity index (χ1n) is 7.92. The van der Waals surface area contributed by atoms with E-state index in [0.29, 0.717) is 33.7 Å². The second-order valence-electron chi connectivity index (χ2n) is 5.61. The summed E-state index contributed by atoms with van der Waals surface area (Å²) in [4.78, 5) is 23.7. The van der Waals surface area contributed by atoms with Crippen molar-refractivity contribution in [1.29, 1.82) is 0 Å². The summed E-state index contributed by atoms with van der Waals surface area (Å²) in [6.07, 6.45) is 3.44. The smallest absolute Gasteiger partial charge is 0.328 e. The molecule has 0 radical (unpaired) electrons. The summed E-state index contributed by atoms with van der Waals surface area (Å²) < 4.78 is 1.51. The molecule has 0 fully saturated rings. The van der Waals surface area contributed by atoms with Crippen LogP contribution in [0.3, 0.4) is 0 Å². The van der Waals surface area contributed by atoms with Gasteiger partial charge in [0.05, 0.1) is 12.7 Å². The van der Waals surface area contributed by atoms with Gasteiger partial charge in [0, 0.05) is 16.6 Å². The summed E-state index contributed by atoms with van der Waals surface area (Å²) in [5.41, 5.74) is 7.02. The summed E-state index contributed by atoms with van der Waals surface area (Å²) >= 11 is 12.2. The Labute approximate surface area is 154 Å². The molecule has 25 heavy (non-hydrogen) atoms. The largest absolute Gasteiger partial charge is 0.354 e. The van der Waals surface area contributed by atoms with E-state index in [1.807, 2.05) is 0 Å². The molecular formula is C16H18Cl2N6O. The number of hydrogen-bond acceptors (Lipinski definition) is 5. The summed E-state index contributed by atoms with van der Waals surface area (Å²) in [5, 5.41) is 4.24. The lowest BCUT2D eigenvalue weighted by Crippen LogP contribution is -2.18. The van der Waals surface area contributed by atoms with Gasteiger partial charge in [0.2, 0.25) is 5.95 Å². The van der Waals surface area contributed by atoms with Crippen molar-refractivity contribution in [3.8, 4) is 0 Å². The molecule has 0 bridgehead atoms. The number of unbranched alkanes of at least 4 members (excludes halogenated alkanes) is 1. The van der Waals surface area contributed by atoms with E-state index in [9.17, 15) is 4.79 Å². The van der Waals surface area contributed by atoms with Crippen LogP contribution in [-0.2, 0) is 6.54 Å². The Hall–Kier alpha value is -2.09. The molecule has 0 aliphatic rings. The van der Waals surface area contributed by atoms with Crippen LogP contribution < -0.4 is 16.7 Å². The number of nitrogens with zero attached hydrogens (tertiary/aromatic N) is 3. The highest BCUT2D eigenvalue weighted by Crippen LogP contribution is 2.22. The average molecular weight is 381 g/mol. The molecule has 0 amide bonds. The molecule has 7 nitrogen and oxygen atoms in total. The Kier molecular flexibility index (Phi) is 5.57. The Morgan fingerprint density at radius 3 is 2.92 bits per heavy atom. The number of halogens is 2. The van der Waals surface area contributed by atoms with Crippen LogP contribution in [0.5, 0.6) is 0 Å². The molecule has 2 heterocycles. The van der Waals surface area contributed by atoms with Crippen molar-refractivity contribution in [3.05, 3.63) is 50.5 Å². The van der Waals surface area contributed by atoms with Gasteiger partial charge in [-0.05, 0) is 43.1 Å². The Bertz CT molecular complexity index is 936. The maximum atomic E-state index is 12.3. The third kappa shape index (κ3) is 4.12. The van der Waals surface area contributed by atoms with Crippen molar-refractivity contribution in [3.63, 3.8) is 0 Å². The summed E-state index contributed by atoms with van der Waals surface area (Å²) in [6, 6.07) is 5.15. The van der Waals surface area contributed by atoms with Gasteiger partial charge in [-0.25, -0.2) is 9.78 Å². The van der Waals surface area contributed by atoms with E-state index in [-0.39, 0.29) is 12.2 Å². The van der Waals surface area contributed by atoms with E-state index < -0.39 is 0 Å². The molecule has 0 aliphatic heterocycles. The summed E-state index contributed by atoms with van der Waals surface area (Å²) in [5.74, 6) is 0.467. The van der Waals surface area contributed by atoms with Gasteiger partial charge < -0.3 is 16.0 Å². The molecule has 132 valence electrons. The topological polar surface area (TPSA) is 102 Å². The van der Waals surface area contributed by atoms with E-state index in [1.165, 1.54) is 4.57 Å². The second kappa shape index (κ2) is 7.86. The highest BCUT2D eigenvalue weighted by atomic mass is 35.5. The quantitative estimate of drug-likeness (QED) is 0.546. The van der Waals surface area contributed by atoms with Gasteiger partial charge in [0.1, 0.15) is 5.52 Å². The Morgan fingerprint density at radius 1 is 1.28 bits per heavy atom. The summed E-state index contributed by atoms with van der Waals surface area (Å²) in [6.45, 7) is 1.64. The number of nitrogens with two attached hydrogens (primary N) is 1. The Balaban J connectivity index is 1.90. The number of H-pyrrole nitrogens is 1. The molecule has 0 atom stereocenters. The van der Waals surface area contributed by atoms with Crippen LogP contribution in [0.15, 0.2) is 29.2 Å². The van der Waals surface area contributed by atoms with Crippen LogP contribution in [0.25, 0.3) is 11.2 Å². The van der Waals surface area contributed by atoms with Crippen LogP contribution >= 0.6 is 23.2 Å². The number of aromatic amines is 1. The molecule has 0 spiro atoms. The van der Waals surface area contributed by atoms with Crippen molar-refractivity contribution >= 4 is 40.3 Å². The first-order chi connectivity index (χ1) is 12.1. The number of hydrogen-bond donors (Lipinski definition) is 3. The molecule has 9 heteroatoms. The van der Waals surface area contributed by atoms with E-state index in [2.05, 4.69) is 20.3 Å². The maximum Gasteiger partial charge on any atom is 0.328 e. The SMILES string of the molecule is NCCCCNc1ncc2[nH]c(=O)n(Cc3cc(Cl)ccc3Cl)c2n1. The van der Waals surface area contributed by atoms with Crippen molar-refractivity contribution in [1.82, 2.24) is 19.5 Å². The van der Waals surface area contributed by atoms with Gasteiger partial charge in [-0.1, -0.05) is 23.2 Å². The Morgan fingerprint density at radius 2 is 2.12 bits per heavy atom. The predicted molar refractivity (Wildman–Crippen MR) is 100 cm³/mol. The third-order valence-corrected chi connectivity index (χ3v) is 4.37. The monoisotopic (exact) mass is 380 g/mol. The zero-order chi connectivity index (χ0) is 17.8. The van der Waals surface area contributed by atoms with Crippen LogP contribution in [0.4, 0.5) is 5.95 Å². The minimum atomic E-state index is -0.277. The standard InChI is InChI=1S/C16H18Cl2N6O/c17-11-3-4-12(18)10(7-11)9-24-14-13(22-16(24)25)8-21-15(23-14)20-6-2-1-5-19/h3-4,7-8H,1-2,5-6,9,19H2,(H,22,25)(H,20,21,23). The van der Waals surface area contributed by atoms with Gasteiger partial charge in [-0.3, -0.25) is 4.57 Å². The fourth-order valence-corrected chi connectivity index (χ4v) is 2.85. The minimum absolute atomic E-state index is 0.266. The number of fused-ring (bicyclic) bond motifs is 1. The fourth-order valence-electron chi connectivity index (χ4n) is 2.48. The zero-order valence-corrected chi connectivity index (χ0v) is 14.9. The molecule has 0 saturated heterocycles. The van der Waals surface area contributed by atoms with Crippen LogP contribution in [0, 0.1) is 0 Å². The third-order valence-electron chi connectivity index (χ3n) is 3.76. The van der Waals surface area contributed by atoms with Crippen molar-refractivity contribution < 1.29 is 0 Å². The van der Waals surface area contributed by atoms with E-state index in [0.717, 1.165) is 24.9 Å². The fraction of sp³-hybridized carbons (Fsp3) is 0.312. The predicted octanol–water partition coefficient (Wildman–Crippen LogP) is 2.63. The number of rotatable bonds is 7. The van der Waals surface area contributed by atoms with Gasteiger partial charge >= 0.3 is 5.69 Å². The summed E-state index contributed by atoms with van der Waals surface area (Å²) in [7, 11) is 0. The number of anilines is 1. The van der Waals surface area contributed by atoms with Gasteiger partial charge in [0.15, 0.2) is 5.65 Å². The number of nitrogens with one attached hydrogen (secondary N) is 2. The molecular weight excluding hydrogens is 363 g/mol. The average Bonchev–Trinajstić information content (AvgIpc) is 2.90. The molecule has 0 unspecified atom stereocenters. The first kappa shape index (κ1) is 17.7. The maximum absolute atomic E-state index is 12.3. The van der Waals surface area contributed by atoms with Gasteiger partial charge in [-0.2, -0.15) is 4.98 Å². The molecule has 3 rings (SSSR count). The van der Waals surface area contributed by atoms with Crippen molar-refractivity contribution in [2.24, 2.45) is 5.73 Å². The van der Waals surface area contributed by atoms with Crippen LogP contribution in [-0.4, -0.2) is 32.6 Å². The van der Waals surface area contributed by atoms with Gasteiger partial charge in [-0.15, -0.1) is 0 Å². The highest BCUT2D eigenvalue weighted by Gasteiger charge is 2.12. The molecule has 4 N–H and O–H groups in total. The van der Waals surface area contributed by atoms with Crippen LogP contribution in [0.1, 0.15) is 18.4 Å². The zero-order valence-electron chi connectivity index (χ0n) is 13.4.